The normalized spacial score (nSPS) is 10.5. The number of Topliss-reactive ketones (excluding diaryl/α,β-unsaturated/α-hetero) is 1. The van der Waals surface area contributed by atoms with Crippen molar-refractivity contribution in [2.45, 2.75) is 26.7 Å². The fourth-order valence-corrected chi connectivity index (χ4v) is 3.07. The van der Waals surface area contributed by atoms with E-state index in [1.54, 1.807) is 12.3 Å². The number of methoxy groups -OCH3 is 1. The van der Waals surface area contributed by atoms with Gasteiger partial charge in [-0.3, -0.25) is 4.79 Å². The molecule has 3 rings (SSSR count). The van der Waals surface area contributed by atoms with E-state index in [0.717, 1.165) is 33.5 Å². The highest BCUT2D eigenvalue weighted by molar-refractivity contribution is 5.91. The second-order valence-corrected chi connectivity index (χ2v) is 6.76. The fourth-order valence-electron chi connectivity index (χ4n) is 3.07. The van der Waals surface area contributed by atoms with Crippen molar-refractivity contribution >= 4 is 11.8 Å². The fraction of sp³-hybridized carbons (Fsp3) is 0.217. The minimum Gasteiger partial charge on any atom is -0.465 e. The summed E-state index contributed by atoms with van der Waals surface area (Å²) >= 11 is 0. The number of ketones is 1. The van der Waals surface area contributed by atoms with Crippen LogP contribution in [-0.4, -0.2) is 28.8 Å². The number of hydrogen-bond donors (Lipinski definition) is 0. The van der Waals surface area contributed by atoms with Crippen molar-refractivity contribution < 1.29 is 14.3 Å². The summed E-state index contributed by atoms with van der Waals surface area (Å²) in [6.07, 6.45) is 3.84. The quantitative estimate of drug-likeness (QED) is 0.612. The third kappa shape index (κ3) is 4.49. The van der Waals surface area contributed by atoms with Crippen LogP contribution >= 0.6 is 0 Å². The molecule has 0 unspecified atom stereocenters. The van der Waals surface area contributed by atoms with E-state index in [1.165, 1.54) is 13.4 Å². The first-order valence-electron chi connectivity index (χ1n) is 9.03. The molecule has 0 fully saturated rings. The molecule has 1 heterocycles. The van der Waals surface area contributed by atoms with Crippen molar-refractivity contribution in [3.8, 4) is 11.1 Å². The summed E-state index contributed by atoms with van der Waals surface area (Å²) in [5.74, 6) is -0.248. The lowest BCUT2D eigenvalue weighted by atomic mass is 9.96. The van der Waals surface area contributed by atoms with E-state index < -0.39 is 0 Å². The monoisotopic (exact) mass is 374 g/mol. The summed E-state index contributed by atoms with van der Waals surface area (Å²) in [6.45, 7) is 3.90. The van der Waals surface area contributed by atoms with Crippen LogP contribution in [0.3, 0.4) is 0 Å². The maximum Gasteiger partial charge on any atom is 0.337 e. The highest BCUT2D eigenvalue weighted by atomic mass is 16.5. The summed E-state index contributed by atoms with van der Waals surface area (Å²) < 4.78 is 4.80. The van der Waals surface area contributed by atoms with Crippen LogP contribution in [0.15, 0.2) is 55.0 Å². The van der Waals surface area contributed by atoms with Gasteiger partial charge in [0.15, 0.2) is 0 Å². The van der Waals surface area contributed by atoms with Gasteiger partial charge in [0.05, 0.1) is 18.4 Å². The second-order valence-electron chi connectivity index (χ2n) is 6.76. The molecule has 0 saturated heterocycles. The summed E-state index contributed by atoms with van der Waals surface area (Å²) in [5.41, 5.74) is 6.18. The lowest BCUT2D eigenvalue weighted by Crippen LogP contribution is -2.09. The molecule has 0 bridgehead atoms. The number of carbonyl (C=O) groups is 2. The zero-order valence-electron chi connectivity index (χ0n) is 16.2. The molecule has 28 heavy (non-hydrogen) atoms. The van der Waals surface area contributed by atoms with Crippen LogP contribution in [0.5, 0.6) is 0 Å². The summed E-state index contributed by atoms with van der Waals surface area (Å²) in [4.78, 5) is 32.3. The Bertz CT molecular complexity index is 1010. The molecule has 0 spiro atoms. The van der Waals surface area contributed by atoms with Gasteiger partial charge in [0.25, 0.3) is 0 Å². The number of esters is 1. The molecular formula is C23H22N2O3. The zero-order valence-corrected chi connectivity index (χ0v) is 16.2. The molecule has 0 radical (unpaired) electrons. The molecule has 0 saturated carbocycles. The predicted molar refractivity (Wildman–Crippen MR) is 107 cm³/mol. The average Bonchev–Trinajstić information content (AvgIpc) is 2.70. The van der Waals surface area contributed by atoms with Crippen LogP contribution in [0.4, 0.5) is 0 Å². The minimum atomic E-state index is -0.358. The Balaban J connectivity index is 1.74. The van der Waals surface area contributed by atoms with Crippen molar-refractivity contribution in [2.24, 2.45) is 0 Å². The van der Waals surface area contributed by atoms with Crippen molar-refractivity contribution in [1.29, 1.82) is 0 Å². The second kappa shape index (κ2) is 8.57. The molecule has 1 aromatic heterocycles. The lowest BCUT2D eigenvalue weighted by Gasteiger charge is -2.09. The molecule has 2 aromatic carbocycles. The van der Waals surface area contributed by atoms with Crippen LogP contribution in [0, 0.1) is 13.8 Å². The average molecular weight is 374 g/mol. The van der Waals surface area contributed by atoms with Crippen LogP contribution in [0.2, 0.25) is 0 Å². The number of ether oxygens (including phenoxy) is 1. The minimum absolute atomic E-state index is 0.110. The van der Waals surface area contributed by atoms with E-state index in [0.29, 0.717) is 18.4 Å². The molecule has 142 valence electrons. The molecule has 5 heteroatoms. The number of nitrogens with zero attached hydrogens (tertiary/aromatic N) is 2. The Morgan fingerprint density at radius 1 is 0.964 bits per heavy atom. The van der Waals surface area contributed by atoms with Crippen LogP contribution in [-0.2, 0) is 22.4 Å². The van der Waals surface area contributed by atoms with E-state index in [9.17, 15) is 9.59 Å². The predicted octanol–water partition coefficient (Wildman–Crippen LogP) is 3.90. The van der Waals surface area contributed by atoms with E-state index in [4.69, 9.17) is 4.74 Å². The standard InChI is InChI=1S/C23H22N2O3/c1-15-4-7-19(23(27)28-3)11-21(15)18-8-5-17(6-9-18)10-20(26)12-22-16(2)13-24-14-25-22/h4-9,11,13-14H,10,12H2,1-3H3. The number of hydrogen-bond acceptors (Lipinski definition) is 5. The molecule has 0 aliphatic heterocycles. The van der Waals surface area contributed by atoms with Gasteiger partial charge >= 0.3 is 5.97 Å². The van der Waals surface area contributed by atoms with E-state index >= 15 is 0 Å². The first-order valence-corrected chi connectivity index (χ1v) is 9.03. The van der Waals surface area contributed by atoms with Gasteiger partial charge in [0.2, 0.25) is 0 Å². The Morgan fingerprint density at radius 2 is 1.71 bits per heavy atom. The largest absolute Gasteiger partial charge is 0.465 e. The molecule has 0 atom stereocenters. The van der Waals surface area contributed by atoms with Crippen LogP contribution in [0.1, 0.15) is 32.7 Å². The van der Waals surface area contributed by atoms with Gasteiger partial charge in [0.1, 0.15) is 12.1 Å². The zero-order chi connectivity index (χ0) is 20.1. The van der Waals surface area contributed by atoms with Crippen molar-refractivity contribution in [3.63, 3.8) is 0 Å². The Labute approximate surface area is 164 Å². The molecule has 0 aliphatic carbocycles. The van der Waals surface area contributed by atoms with Gasteiger partial charge in [-0.15, -0.1) is 0 Å². The summed E-state index contributed by atoms with van der Waals surface area (Å²) in [7, 11) is 1.37. The lowest BCUT2D eigenvalue weighted by molar-refractivity contribution is -0.117. The van der Waals surface area contributed by atoms with Crippen molar-refractivity contribution in [1.82, 2.24) is 9.97 Å². The number of benzene rings is 2. The smallest absolute Gasteiger partial charge is 0.337 e. The maximum absolute atomic E-state index is 12.4. The molecule has 0 aliphatic rings. The number of aromatic nitrogens is 2. The molecule has 0 N–H and O–H groups in total. The molecular weight excluding hydrogens is 352 g/mol. The summed E-state index contributed by atoms with van der Waals surface area (Å²) in [6, 6.07) is 13.3. The van der Waals surface area contributed by atoms with Gasteiger partial charge in [-0.25, -0.2) is 14.8 Å². The number of aryl methyl sites for hydroxylation is 2. The number of rotatable bonds is 6. The Morgan fingerprint density at radius 3 is 2.39 bits per heavy atom. The van der Waals surface area contributed by atoms with E-state index in [1.807, 2.05) is 50.2 Å². The van der Waals surface area contributed by atoms with Crippen LogP contribution in [0.25, 0.3) is 11.1 Å². The van der Waals surface area contributed by atoms with Crippen molar-refractivity contribution in [3.05, 3.63) is 82.9 Å². The highest BCUT2D eigenvalue weighted by Gasteiger charge is 2.11. The Kier molecular flexibility index (Phi) is 5.94. The van der Waals surface area contributed by atoms with Crippen LogP contribution < -0.4 is 0 Å². The van der Waals surface area contributed by atoms with Gasteiger partial charge < -0.3 is 4.74 Å². The SMILES string of the molecule is COC(=O)c1ccc(C)c(-c2ccc(CC(=O)Cc3ncncc3C)cc2)c1. The third-order valence-corrected chi connectivity index (χ3v) is 4.69. The van der Waals surface area contributed by atoms with Gasteiger partial charge in [-0.2, -0.15) is 0 Å². The van der Waals surface area contributed by atoms with Gasteiger partial charge in [-0.1, -0.05) is 30.3 Å². The molecule has 3 aromatic rings. The first kappa shape index (κ1) is 19.4. The summed E-state index contributed by atoms with van der Waals surface area (Å²) in [5, 5.41) is 0. The number of carbonyl (C=O) groups excluding carboxylic acids is 2. The Hall–Kier alpha value is -3.34. The van der Waals surface area contributed by atoms with Crippen molar-refractivity contribution in [2.75, 3.05) is 7.11 Å². The van der Waals surface area contributed by atoms with Gasteiger partial charge in [0, 0.05) is 19.0 Å². The topological polar surface area (TPSA) is 69.2 Å². The van der Waals surface area contributed by atoms with E-state index in [-0.39, 0.29) is 11.8 Å². The van der Waals surface area contributed by atoms with Gasteiger partial charge in [-0.05, 0) is 53.8 Å². The van der Waals surface area contributed by atoms with E-state index in [2.05, 4.69) is 9.97 Å². The maximum atomic E-state index is 12.4. The molecule has 5 nitrogen and oxygen atoms in total. The third-order valence-electron chi connectivity index (χ3n) is 4.69. The highest BCUT2D eigenvalue weighted by Crippen LogP contribution is 2.25. The molecule has 0 amide bonds. The first-order chi connectivity index (χ1) is 13.5.